The second-order valence-corrected chi connectivity index (χ2v) is 7.27. The highest BCUT2D eigenvalue weighted by Gasteiger charge is 2.24. The SMILES string of the molecule is CCCOc1ccccc1/C=C/C(=O)Nc1sc(C(C)=O)c(C)c1C(=O)OCC. The molecule has 0 unspecified atom stereocenters. The maximum atomic E-state index is 12.5. The fourth-order valence-electron chi connectivity index (χ4n) is 2.67. The topological polar surface area (TPSA) is 81.7 Å². The van der Waals surface area contributed by atoms with Crippen LogP contribution in [0.25, 0.3) is 6.08 Å². The molecule has 1 aromatic heterocycles. The van der Waals surface area contributed by atoms with E-state index in [-0.39, 0.29) is 18.0 Å². The van der Waals surface area contributed by atoms with E-state index in [1.165, 1.54) is 13.0 Å². The van der Waals surface area contributed by atoms with Crippen molar-refractivity contribution in [3.63, 3.8) is 0 Å². The molecule has 0 bridgehead atoms. The zero-order valence-corrected chi connectivity index (χ0v) is 17.9. The molecule has 0 saturated heterocycles. The second kappa shape index (κ2) is 10.6. The van der Waals surface area contributed by atoms with Crippen LogP contribution >= 0.6 is 11.3 Å². The van der Waals surface area contributed by atoms with Crippen molar-refractivity contribution < 1.29 is 23.9 Å². The lowest BCUT2D eigenvalue weighted by Crippen LogP contribution is -2.12. The number of hydrogen-bond acceptors (Lipinski definition) is 6. The summed E-state index contributed by atoms with van der Waals surface area (Å²) in [7, 11) is 0. The van der Waals surface area contributed by atoms with Crippen molar-refractivity contribution in [2.24, 2.45) is 0 Å². The lowest BCUT2D eigenvalue weighted by atomic mass is 10.1. The van der Waals surface area contributed by atoms with Crippen LogP contribution in [-0.2, 0) is 9.53 Å². The number of ether oxygens (including phenoxy) is 2. The first kappa shape index (κ1) is 22.4. The maximum absolute atomic E-state index is 12.5. The molecule has 1 heterocycles. The van der Waals surface area contributed by atoms with Crippen LogP contribution in [-0.4, -0.2) is 30.9 Å². The van der Waals surface area contributed by atoms with Crippen LogP contribution in [0.4, 0.5) is 5.00 Å². The van der Waals surface area contributed by atoms with Crippen LogP contribution in [0.15, 0.2) is 30.3 Å². The summed E-state index contributed by atoms with van der Waals surface area (Å²) in [4.78, 5) is 37.1. The van der Waals surface area contributed by atoms with E-state index in [0.29, 0.717) is 27.8 Å². The summed E-state index contributed by atoms with van der Waals surface area (Å²) in [5, 5.41) is 3.00. The number of rotatable bonds is 9. The van der Waals surface area contributed by atoms with Gasteiger partial charge in [0.05, 0.1) is 23.7 Å². The molecule has 1 amide bonds. The van der Waals surface area contributed by atoms with E-state index in [1.807, 2.05) is 31.2 Å². The average Bonchev–Trinajstić information content (AvgIpc) is 3.01. The van der Waals surface area contributed by atoms with Gasteiger partial charge in [0, 0.05) is 11.6 Å². The summed E-state index contributed by atoms with van der Waals surface area (Å²) in [6.07, 6.45) is 3.90. The summed E-state index contributed by atoms with van der Waals surface area (Å²) in [5.74, 6) is -0.462. The summed E-state index contributed by atoms with van der Waals surface area (Å²) in [6.45, 7) is 7.60. The highest BCUT2D eigenvalue weighted by atomic mass is 32.1. The van der Waals surface area contributed by atoms with E-state index in [4.69, 9.17) is 9.47 Å². The third-order valence-corrected chi connectivity index (χ3v) is 5.29. The van der Waals surface area contributed by atoms with Crippen LogP contribution in [0, 0.1) is 6.92 Å². The fourth-order valence-corrected chi connectivity index (χ4v) is 3.76. The lowest BCUT2D eigenvalue weighted by molar-refractivity contribution is -0.111. The Hall–Kier alpha value is -2.93. The predicted octanol–water partition coefficient (Wildman–Crippen LogP) is 4.88. The Labute approximate surface area is 174 Å². The smallest absolute Gasteiger partial charge is 0.341 e. The molecule has 0 atom stereocenters. The number of carbonyl (C=O) groups is 3. The van der Waals surface area contributed by atoms with Crippen molar-refractivity contribution in [2.75, 3.05) is 18.5 Å². The molecule has 0 fully saturated rings. The van der Waals surface area contributed by atoms with E-state index < -0.39 is 11.9 Å². The molecule has 2 aromatic rings. The molecule has 154 valence electrons. The largest absolute Gasteiger partial charge is 0.493 e. The third-order valence-electron chi connectivity index (χ3n) is 3.98. The maximum Gasteiger partial charge on any atom is 0.341 e. The molecule has 0 aliphatic rings. The highest BCUT2D eigenvalue weighted by Crippen LogP contribution is 2.34. The number of thiophene rings is 1. The van der Waals surface area contributed by atoms with E-state index in [1.54, 1.807) is 19.9 Å². The molecule has 0 radical (unpaired) electrons. The van der Waals surface area contributed by atoms with E-state index in [2.05, 4.69) is 5.32 Å². The molecule has 7 heteroatoms. The standard InChI is InChI=1S/C22H25NO5S/c1-5-13-28-17-10-8-7-9-16(17)11-12-18(25)23-21-19(22(26)27-6-2)14(3)20(29-21)15(4)24/h7-12H,5-6,13H2,1-4H3,(H,23,25)/b12-11+. The molecule has 0 saturated carbocycles. The van der Waals surface area contributed by atoms with Crippen molar-refractivity contribution in [1.82, 2.24) is 0 Å². The Morgan fingerprint density at radius 2 is 1.90 bits per heavy atom. The molecule has 1 N–H and O–H groups in total. The number of anilines is 1. The van der Waals surface area contributed by atoms with Gasteiger partial charge in [-0.25, -0.2) is 4.79 Å². The van der Waals surface area contributed by atoms with Gasteiger partial charge >= 0.3 is 5.97 Å². The highest BCUT2D eigenvalue weighted by molar-refractivity contribution is 7.18. The van der Waals surface area contributed by atoms with Crippen molar-refractivity contribution in [3.8, 4) is 5.75 Å². The van der Waals surface area contributed by atoms with Crippen molar-refractivity contribution >= 4 is 40.1 Å². The molecule has 6 nitrogen and oxygen atoms in total. The van der Waals surface area contributed by atoms with Gasteiger partial charge in [0.1, 0.15) is 10.8 Å². The average molecular weight is 416 g/mol. The van der Waals surface area contributed by atoms with Crippen LogP contribution in [0.1, 0.15) is 58.3 Å². The number of ketones is 1. The van der Waals surface area contributed by atoms with Crippen LogP contribution < -0.4 is 10.1 Å². The molecule has 0 aliphatic heterocycles. The number of benzene rings is 1. The molecule has 2 rings (SSSR count). The fraction of sp³-hybridized carbons (Fsp3) is 0.318. The van der Waals surface area contributed by atoms with E-state index in [0.717, 1.165) is 23.3 Å². The Kier molecular flexibility index (Phi) is 8.15. The van der Waals surface area contributed by atoms with Gasteiger partial charge in [-0.3, -0.25) is 9.59 Å². The molecule has 29 heavy (non-hydrogen) atoms. The number of nitrogens with one attached hydrogen (secondary N) is 1. The first-order valence-electron chi connectivity index (χ1n) is 9.41. The van der Waals surface area contributed by atoms with Crippen molar-refractivity contribution in [1.29, 1.82) is 0 Å². The van der Waals surface area contributed by atoms with E-state index in [9.17, 15) is 14.4 Å². The number of para-hydroxylation sites is 1. The Morgan fingerprint density at radius 1 is 1.17 bits per heavy atom. The minimum atomic E-state index is -0.564. The predicted molar refractivity (Wildman–Crippen MR) is 115 cm³/mol. The van der Waals surface area contributed by atoms with Crippen LogP contribution in [0.2, 0.25) is 0 Å². The van der Waals surface area contributed by atoms with Gasteiger partial charge in [-0.15, -0.1) is 11.3 Å². The number of esters is 1. The summed E-state index contributed by atoms with van der Waals surface area (Å²) >= 11 is 1.07. The van der Waals surface area contributed by atoms with Gasteiger partial charge in [-0.1, -0.05) is 25.1 Å². The Bertz CT molecular complexity index is 929. The van der Waals surface area contributed by atoms with Crippen LogP contribution in [0.3, 0.4) is 0 Å². The van der Waals surface area contributed by atoms with Crippen molar-refractivity contribution in [3.05, 3.63) is 51.9 Å². The molecule has 1 aromatic carbocycles. The number of carbonyl (C=O) groups excluding carboxylic acids is 3. The minimum Gasteiger partial charge on any atom is -0.493 e. The lowest BCUT2D eigenvalue weighted by Gasteiger charge is -2.08. The quantitative estimate of drug-likeness (QED) is 0.359. The number of amides is 1. The van der Waals surface area contributed by atoms with Gasteiger partial charge in [-0.2, -0.15) is 0 Å². The summed E-state index contributed by atoms with van der Waals surface area (Å²) in [5.41, 5.74) is 1.50. The molecular weight excluding hydrogens is 390 g/mol. The molecular formula is C22H25NO5S. The summed E-state index contributed by atoms with van der Waals surface area (Å²) < 4.78 is 10.8. The normalized spacial score (nSPS) is 10.8. The first-order valence-corrected chi connectivity index (χ1v) is 10.2. The van der Waals surface area contributed by atoms with Gasteiger partial charge in [0.15, 0.2) is 5.78 Å². The third kappa shape index (κ3) is 5.77. The Morgan fingerprint density at radius 3 is 2.55 bits per heavy atom. The first-order chi connectivity index (χ1) is 13.9. The van der Waals surface area contributed by atoms with Crippen molar-refractivity contribution in [2.45, 2.75) is 34.1 Å². The van der Waals surface area contributed by atoms with Gasteiger partial charge in [0.2, 0.25) is 5.91 Å². The van der Waals surface area contributed by atoms with Gasteiger partial charge in [0.25, 0.3) is 0 Å². The summed E-state index contributed by atoms with van der Waals surface area (Å²) in [6, 6.07) is 7.42. The Balaban J connectivity index is 2.25. The molecule has 0 aliphatic carbocycles. The number of hydrogen-bond donors (Lipinski definition) is 1. The molecule has 0 spiro atoms. The zero-order chi connectivity index (χ0) is 21.4. The second-order valence-electron chi connectivity index (χ2n) is 6.25. The van der Waals surface area contributed by atoms with Gasteiger partial charge in [-0.05, 0) is 44.9 Å². The van der Waals surface area contributed by atoms with Crippen LogP contribution in [0.5, 0.6) is 5.75 Å². The monoisotopic (exact) mass is 415 g/mol. The zero-order valence-electron chi connectivity index (χ0n) is 17.0. The van der Waals surface area contributed by atoms with Gasteiger partial charge < -0.3 is 14.8 Å². The number of Topliss-reactive ketones (excluding diaryl/α,β-unsaturated/α-hetero) is 1. The van der Waals surface area contributed by atoms with E-state index >= 15 is 0 Å². The minimum absolute atomic E-state index is 0.170.